The quantitative estimate of drug-likeness (QED) is 0.725. The number of carbonyl (C=O) groups is 1. The van der Waals surface area contributed by atoms with Crippen LogP contribution in [0.25, 0.3) is 0 Å². The van der Waals surface area contributed by atoms with E-state index in [-0.39, 0.29) is 18.7 Å². The van der Waals surface area contributed by atoms with Gasteiger partial charge in [0.2, 0.25) is 0 Å². The van der Waals surface area contributed by atoms with Crippen LogP contribution in [0.5, 0.6) is 0 Å². The van der Waals surface area contributed by atoms with E-state index in [2.05, 4.69) is 17.6 Å². The van der Waals surface area contributed by atoms with Crippen molar-refractivity contribution in [3.05, 3.63) is 29.3 Å². The summed E-state index contributed by atoms with van der Waals surface area (Å²) in [5, 5.41) is 14.9. The zero-order chi connectivity index (χ0) is 15.0. The summed E-state index contributed by atoms with van der Waals surface area (Å²) in [6, 6.07) is 5.79. The summed E-state index contributed by atoms with van der Waals surface area (Å²) in [5.74, 6) is 0.794. The highest BCUT2D eigenvalue weighted by molar-refractivity contribution is 7.98. The second-order valence-electron chi connectivity index (χ2n) is 4.73. The highest BCUT2D eigenvalue weighted by Gasteiger charge is 2.13. The van der Waals surface area contributed by atoms with Gasteiger partial charge < -0.3 is 15.7 Å². The predicted octanol–water partition coefficient (Wildman–Crippen LogP) is 2.79. The number of anilines is 1. The second-order valence-corrected chi connectivity index (χ2v) is 5.64. The van der Waals surface area contributed by atoms with Gasteiger partial charge in [-0.3, -0.25) is 0 Å². The first kappa shape index (κ1) is 16.9. The lowest BCUT2D eigenvalue weighted by Crippen LogP contribution is -2.40. The predicted molar refractivity (Wildman–Crippen MR) is 86.6 cm³/mol. The summed E-state index contributed by atoms with van der Waals surface area (Å²) in [6.45, 7) is 4.14. The Morgan fingerprint density at radius 2 is 2.20 bits per heavy atom. The number of urea groups is 1. The number of hydrogen-bond acceptors (Lipinski definition) is 3. The van der Waals surface area contributed by atoms with Crippen LogP contribution in [-0.4, -0.2) is 35.8 Å². The molecule has 0 radical (unpaired) electrons. The molecule has 1 unspecified atom stereocenters. The minimum absolute atomic E-state index is 0.0101. The topological polar surface area (TPSA) is 61.4 Å². The number of rotatable bonds is 7. The molecular formula is C15H24N2O2S. The number of aliphatic hydroxyl groups excluding tert-OH is 1. The minimum atomic E-state index is -0.207. The number of para-hydroxylation sites is 1. The lowest BCUT2D eigenvalue weighted by atomic mass is 10.1. The SMILES string of the molecule is CCc1cccc(C)c1NC(=O)NC(CCO)CSC. The third-order valence-electron chi connectivity index (χ3n) is 3.16. The molecule has 0 aliphatic heterocycles. The van der Waals surface area contributed by atoms with E-state index in [1.165, 1.54) is 0 Å². The first-order valence-corrected chi connectivity index (χ1v) is 8.27. The van der Waals surface area contributed by atoms with E-state index in [9.17, 15) is 4.79 Å². The number of carbonyl (C=O) groups excluding carboxylic acids is 1. The van der Waals surface area contributed by atoms with Gasteiger partial charge in [0.1, 0.15) is 0 Å². The molecular weight excluding hydrogens is 272 g/mol. The summed E-state index contributed by atoms with van der Waals surface area (Å²) >= 11 is 1.66. The molecule has 0 aromatic heterocycles. The van der Waals surface area contributed by atoms with Gasteiger partial charge in [-0.25, -0.2) is 4.79 Å². The Morgan fingerprint density at radius 3 is 2.80 bits per heavy atom. The number of aliphatic hydroxyl groups is 1. The number of benzene rings is 1. The van der Waals surface area contributed by atoms with Crippen LogP contribution >= 0.6 is 11.8 Å². The van der Waals surface area contributed by atoms with E-state index in [1.807, 2.05) is 31.4 Å². The van der Waals surface area contributed by atoms with E-state index in [0.29, 0.717) is 6.42 Å². The molecule has 1 atom stereocenters. The third-order valence-corrected chi connectivity index (χ3v) is 3.89. The molecule has 0 saturated heterocycles. The van der Waals surface area contributed by atoms with E-state index >= 15 is 0 Å². The summed E-state index contributed by atoms with van der Waals surface area (Å²) in [5.41, 5.74) is 3.08. The van der Waals surface area contributed by atoms with Crippen molar-refractivity contribution in [2.24, 2.45) is 0 Å². The van der Waals surface area contributed by atoms with Crippen molar-refractivity contribution in [3.8, 4) is 0 Å². The lowest BCUT2D eigenvalue weighted by Gasteiger charge is -2.19. The van der Waals surface area contributed by atoms with E-state index in [1.54, 1.807) is 11.8 Å². The summed E-state index contributed by atoms with van der Waals surface area (Å²) in [7, 11) is 0. The van der Waals surface area contributed by atoms with Gasteiger partial charge in [-0.15, -0.1) is 0 Å². The fraction of sp³-hybridized carbons (Fsp3) is 0.533. The van der Waals surface area contributed by atoms with Crippen molar-refractivity contribution in [3.63, 3.8) is 0 Å². The van der Waals surface area contributed by atoms with Crippen LogP contribution in [0.2, 0.25) is 0 Å². The fourth-order valence-electron chi connectivity index (χ4n) is 2.09. The molecule has 0 aliphatic carbocycles. The number of nitrogens with one attached hydrogen (secondary N) is 2. The Morgan fingerprint density at radius 1 is 1.45 bits per heavy atom. The standard InChI is InChI=1S/C15H24N2O2S/c1-4-12-7-5-6-11(2)14(12)17-15(19)16-13(8-9-18)10-20-3/h5-7,13,18H,4,8-10H2,1-3H3,(H2,16,17,19). The largest absolute Gasteiger partial charge is 0.396 e. The first-order chi connectivity index (χ1) is 9.62. The molecule has 0 bridgehead atoms. The van der Waals surface area contributed by atoms with Crippen LogP contribution < -0.4 is 10.6 Å². The average Bonchev–Trinajstić information content (AvgIpc) is 2.41. The van der Waals surface area contributed by atoms with Crippen LogP contribution in [0.15, 0.2) is 18.2 Å². The Bertz CT molecular complexity index is 432. The molecule has 4 nitrogen and oxygen atoms in total. The maximum atomic E-state index is 12.1. The van der Waals surface area contributed by atoms with Crippen molar-refractivity contribution < 1.29 is 9.90 Å². The van der Waals surface area contributed by atoms with Gasteiger partial charge in [-0.2, -0.15) is 11.8 Å². The van der Waals surface area contributed by atoms with Crippen LogP contribution in [-0.2, 0) is 6.42 Å². The highest BCUT2D eigenvalue weighted by Crippen LogP contribution is 2.20. The molecule has 2 amide bonds. The van der Waals surface area contributed by atoms with Crippen LogP contribution in [0, 0.1) is 6.92 Å². The molecule has 0 heterocycles. The smallest absolute Gasteiger partial charge is 0.319 e. The maximum absolute atomic E-state index is 12.1. The van der Waals surface area contributed by atoms with Crippen molar-refractivity contribution in [2.45, 2.75) is 32.7 Å². The summed E-state index contributed by atoms with van der Waals surface area (Å²) in [4.78, 5) is 12.1. The number of aryl methyl sites for hydroxylation is 2. The van der Waals surface area contributed by atoms with Crippen molar-refractivity contribution in [1.82, 2.24) is 5.32 Å². The summed E-state index contributed by atoms with van der Waals surface area (Å²) < 4.78 is 0. The van der Waals surface area contributed by atoms with Gasteiger partial charge in [-0.1, -0.05) is 25.1 Å². The minimum Gasteiger partial charge on any atom is -0.396 e. The normalized spacial score (nSPS) is 12.0. The number of amides is 2. The molecule has 0 saturated carbocycles. The monoisotopic (exact) mass is 296 g/mol. The van der Waals surface area contributed by atoms with Crippen molar-refractivity contribution >= 4 is 23.5 Å². The third kappa shape index (κ3) is 5.06. The Labute approximate surface area is 125 Å². The van der Waals surface area contributed by atoms with Crippen LogP contribution in [0.4, 0.5) is 10.5 Å². The molecule has 3 N–H and O–H groups in total. The average molecular weight is 296 g/mol. The van der Waals surface area contributed by atoms with E-state index in [4.69, 9.17) is 5.11 Å². The van der Waals surface area contributed by atoms with Gasteiger partial charge >= 0.3 is 6.03 Å². The molecule has 5 heteroatoms. The van der Waals surface area contributed by atoms with Gasteiger partial charge in [0.15, 0.2) is 0 Å². The zero-order valence-corrected chi connectivity index (χ0v) is 13.2. The van der Waals surface area contributed by atoms with E-state index in [0.717, 1.165) is 29.0 Å². The van der Waals surface area contributed by atoms with Gasteiger partial charge in [0, 0.05) is 24.1 Å². The second kappa shape index (κ2) is 8.87. The van der Waals surface area contributed by atoms with E-state index < -0.39 is 0 Å². The number of thioether (sulfide) groups is 1. The Kier molecular flexibility index (Phi) is 7.47. The van der Waals surface area contributed by atoms with Crippen molar-refractivity contribution in [1.29, 1.82) is 0 Å². The molecule has 1 aromatic carbocycles. The zero-order valence-electron chi connectivity index (χ0n) is 12.4. The molecule has 20 heavy (non-hydrogen) atoms. The van der Waals surface area contributed by atoms with Gasteiger partial charge in [-0.05, 0) is 37.1 Å². The first-order valence-electron chi connectivity index (χ1n) is 6.88. The van der Waals surface area contributed by atoms with Gasteiger partial charge in [0.05, 0.1) is 0 Å². The highest BCUT2D eigenvalue weighted by atomic mass is 32.2. The van der Waals surface area contributed by atoms with Crippen LogP contribution in [0.3, 0.4) is 0 Å². The van der Waals surface area contributed by atoms with Crippen LogP contribution in [0.1, 0.15) is 24.5 Å². The Balaban J connectivity index is 2.70. The molecule has 1 aromatic rings. The fourth-order valence-corrected chi connectivity index (χ4v) is 2.74. The molecule has 0 fully saturated rings. The van der Waals surface area contributed by atoms with Gasteiger partial charge in [0.25, 0.3) is 0 Å². The number of hydrogen-bond donors (Lipinski definition) is 3. The molecule has 112 valence electrons. The molecule has 1 rings (SSSR count). The Hall–Kier alpha value is -1.20. The molecule has 0 spiro atoms. The molecule has 0 aliphatic rings. The van der Waals surface area contributed by atoms with Crippen molar-refractivity contribution in [2.75, 3.05) is 23.9 Å². The lowest BCUT2D eigenvalue weighted by molar-refractivity contribution is 0.241. The summed E-state index contributed by atoms with van der Waals surface area (Å²) in [6.07, 6.45) is 3.44. The maximum Gasteiger partial charge on any atom is 0.319 e.